The Morgan fingerprint density at radius 1 is 1.33 bits per heavy atom. The lowest BCUT2D eigenvalue weighted by Crippen LogP contribution is -2.26. The topological polar surface area (TPSA) is 38.9 Å². The number of hydrogen-bond donors (Lipinski definition) is 1. The molecule has 3 rings (SSSR count). The van der Waals surface area contributed by atoms with Gasteiger partial charge in [-0.1, -0.05) is 12.5 Å². The van der Waals surface area contributed by atoms with Crippen molar-refractivity contribution in [3.8, 4) is 0 Å². The van der Waals surface area contributed by atoms with Crippen molar-refractivity contribution in [2.75, 3.05) is 0 Å². The first-order valence-electron chi connectivity index (χ1n) is 7.45. The third-order valence-electron chi connectivity index (χ3n) is 5.02. The smallest absolute Gasteiger partial charge is 0.0299 e. The Labute approximate surface area is 110 Å². The largest absolute Gasteiger partial charge is 0.328 e. The van der Waals surface area contributed by atoms with Crippen LogP contribution in [0.5, 0.6) is 0 Å². The third kappa shape index (κ3) is 2.74. The van der Waals surface area contributed by atoms with Gasteiger partial charge in [0, 0.05) is 18.4 Å². The number of hydrogen-bond acceptors (Lipinski definition) is 2. The van der Waals surface area contributed by atoms with Gasteiger partial charge in [0.05, 0.1) is 0 Å². The van der Waals surface area contributed by atoms with Crippen LogP contribution in [0.3, 0.4) is 0 Å². The molecule has 4 unspecified atom stereocenters. The molecule has 98 valence electrons. The van der Waals surface area contributed by atoms with Crippen molar-refractivity contribution >= 4 is 0 Å². The van der Waals surface area contributed by atoms with E-state index < -0.39 is 0 Å². The van der Waals surface area contributed by atoms with E-state index in [1.165, 1.54) is 37.7 Å². The highest BCUT2D eigenvalue weighted by molar-refractivity contribution is 5.08. The van der Waals surface area contributed by atoms with Gasteiger partial charge >= 0.3 is 0 Å². The summed E-state index contributed by atoms with van der Waals surface area (Å²) in [6.07, 6.45) is 13.2. The van der Waals surface area contributed by atoms with Crippen LogP contribution in [-0.4, -0.2) is 11.0 Å². The van der Waals surface area contributed by atoms with Crippen LogP contribution in [0.15, 0.2) is 24.5 Å². The molecule has 0 amide bonds. The van der Waals surface area contributed by atoms with Crippen LogP contribution >= 0.6 is 0 Å². The Balaban J connectivity index is 1.43. The van der Waals surface area contributed by atoms with Gasteiger partial charge in [-0.05, 0) is 67.9 Å². The van der Waals surface area contributed by atoms with Gasteiger partial charge in [0.2, 0.25) is 0 Å². The summed E-state index contributed by atoms with van der Waals surface area (Å²) < 4.78 is 0. The van der Waals surface area contributed by atoms with Crippen LogP contribution in [0, 0.1) is 17.8 Å². The number of aryl methyl sites for hydroxylation is 1. The maximum atomic E-state index is 6.31. The average molecular weight is 244 g/mol. The number of pyridine rings is 1. The number of nitrogens with zero attached hydrogens (tertiary/aromatic N) is 1. The second-order valence-corrected chi connectivity index (χ2v) is 6.33. The Bertz CT molecular complexity index is 376. The van der Waals surface area contributed by atoms with E-state index >= 15 is 0 Å². The standard InChI is InChI=1S/C16H24N2/c17-16(6-4-12-2-1-7-18-11-12)10-15-9-13-3-5-14(15)8-13/h1-2,7,11,13-16H,3-6,8-10,17H2. The minimum Gasteiger partial charge on any atom is -0.328 e. The lowest BCUT2D eigenvalue weighted by Gasteiger charge is -2.24. The lowest BCUT2D eigenvalue weighted by atomic mass is 9.83. The maximum absolute atomic E-state index is 6.31. The fourth-order valence-electron chi connectivity index (χ4n) is 4.07. The summed E-state index contributed by atoms with van der Waals surface area (Å²) in [7, 11) is 0. The van der Waals surface area contributed by atoms with Crippen molar-refractivity contribution in [1.29, 1.82) is 0 Å². The van der Waals surface area contributed by atoms with E-state index in [-0.39, 0.29) is 0 Å². The molecular formula is C16H24N2. The van der Waals surface area contributed by atoms with Gasteiger partial charge in [-0.25, -0.2) is 0 Å². The molecule has 1 aromatic heterocycles. The van der Waals surface area contributed by atoms with Crippen LogP contribution in [0.1, 0.15) is 44.1 Å². The molecule has 1 heterocycles. The molecule has 4 atom stereocenters. The molecule has 18 heavy (non-hydrogen) atoms. The van der Waals surface area contributed by atoms with Gasteiger partial charge in [-0.3, -0.25) is 4.98 Å². The predicted molar refractivity (Wildman–Crippen MR) is 74.1 cm³/mol. The van der Waals surface area contributed by atoms with Crippen LogP contribution in [0.4, 0.5) is 0 Å². The highest BCUT2D eigenvalue weighted by atomic mass is 14.6. The molecule has 2 nitrogen and oxygen atoms in total. The number of aromatic nitrogens is 1. The molecule has 2 bridgehead atoms. The van der Waals surface area contributed by atoms with Crippen LogP contribution in [0.25, 0.3) is 0 Å². The summed E-state index contributed by atoms with van der Waals surface area (Å²) in [6, 6.07) is 4.54. The Morgan fingerprint density at radius 3 is 2.94 bits per heavy atom. The van der Waals surface area contributed by atoms with E-state index in [2.05, 4.69) is 11.1 Å². The highest BCUT2D eigenvalue weighted by Gasteiger charge is 2.39. The average Bonchev–Trinajstić information content (AvgIpc) is 3.00. The molecule has 2 aliphatic carbocycles. The zero-order valence-electron chi connectivity index (χ0n) is 11.1. The van der Waals surface area contributed by atoms with Gasteiger partial charge in [0.15, 0.2) is 0 Å². The van der Waals surface area contributed by atoms with E-state index in [1.54, 1.807) is 0 Å². The van der Waals surface area contributed by atoms with Crippen molar-refractivity contribution in [2.45, 2.75) is 51.0 Å². The zero-order valence-corrected chi connectivity index (χ0v) is 11.1. The summed E-state index contributed by atoms with van der Waals surface area (Å²) in [6.45, 7) is 0. The molecule has 0 radical (unpaired) electrons. The summed E-state index contributed by atoms with van der Waals surface area (Å²) >= 11 is 0. The van der Waals surface area contributed by atoms with Crippen molar-refractivity contribution < 1.29 is 0 Å². The Hall–Kier alpha value is -0.890. The van der Waals surface area contributed by atoms with Crippen LogP contribution in [-0.2, 0) is 6.42 Å². The van der Waals surface area contributed by atoms with E-state index in [1.807, 2.05) is 18.5 Å². The SMILES string of the molecule is NC(CCc1cccnc1)CC1CC2CCC1C2. The minimum absolute atomic E-state index is 0.384. The molecule has 0 aromatic carbocycles. The molecule has 0 saturated heterocycles. The number of rotatable bonds is 5. The van der Waals surface area contributed by atoms with Crippen molar-refractivity contribution in [3.63, 3.8) is 0 Å². The fourth-order valence-corrected chi connectivity index (χ4v) is 4.07. The van der Waals surface area contributed by atoms with Gasteiger partial charge in [-0.15, -0.1) is 0 Å². The molecule has 1 aromatic rings. The normalized spacial score (nSPS) is 31.7. The van der Waals surface area contributed by atoms with Gasteiger partial charge in [0.25, 0.3) is 0 Å². The summed E-state index contributed by atoms with van der Waals surface area (Å²) in [5, 5.41) is 0. The van der Waals surface area contributed by atoms with E-state index in [0.717, 1.165) is 30.6 Å². The quantitative estimate of drug-likeness (QED) is 0.864. The van der Waals surface area contributed by atoms with Crippen molar-refractivity contribution in [3.05, 3.63) is 30.1 Å². The van der Waals surface area contributed by atoms with Gasteiger partial charge in [-0.2, -0.15) is 0 Å². The second-order valence-electron chi connectivity index (χ2n) is 6.33. The predicted octanol–water partition coefficient (Wildman–Crippen LogP) is 3.17. The van der Waals surface area contributed by atoms with Gasteiger partial charge in [0.1, 0.15) is 0 Å². The molecule has 0 aliphatic heterocycles. The number of fused-ring (bicyclic) bond motifs is 2. The summed E-state index contributed by atoms with van der Waals surface area (Å²) in [4.78, 5) is 4.16. The molecule has 2 saturated carbocycles. The zero-order chi connectivity index (χ0) is 12.4. The summed E-state index contributed by atoms with van der Waals surface area (Å²) in [5.74, 6) is 3.00. The molecule has 2 heteroatoms. The Morgan fingerprint density at radius 2 is 2.28 bits per heavy atom. The summed E-state index contributed by atoms with van der Waals surface area (Å²) in [5.41, 5.74) is 7.63. The highest BCUT2D eigenvalue weighted by Crippen LogP contribution is 2.49. The molecule has 2 aliphatic rings. The molecular weight excluding hydrogens is 220 g/mol. The first-order chi connectivity index (χ1) is 8.81. The molecule has 2 N–H and O–H groups in total. The minimum atomic E-state index is 0.384. The monoisotopic (exact) mass is 244 g/mol. The number of nitrogens with two attached hydrogens (primary N) is 1. The van der Waals surface area contributed by atoms with Gasteiger partial charge < -0.3 is 5.73 Å². The first kappa shape index (κ1) is 12.2. The molecule has 0 spiro atoms. The fraction of sp³-hybridized carbons (Fsp3) is 0.688. The third-order valence-corrected chi connectivity index (χ3v) is 5.02. The van der Waals surface area contributed by atoms with Crippen molar-refractivity contribution in [2.24, 2.45) is 23.5 Å². The van der Waals surface area contributed by atoms with Crippen LogP contribution < -0.4 is 5.73 Å². The van der Waals surface area contributed by atoms with Crippen molar-refractivity contribution in [1.82, 2.24) is 4.98 Å². The second kappa shape index (κ2) is 5.40. The van der Waals surface area contributed by atoms with E-state index in [4.69, 9.17) is 5.73 Å². The van der Waals surface area contributed by atoms with E-state index in [9.17, 15) is 0 Å². The van der Waals surface area contributed by atoms with Crippen LogP contribution in [0.2, 0.25) is 0 Å². The first-order valence-corrected chi connectivity index (χ1v) is 7.45. The van der Waals surface area contributed by atoms with E-state index in [0.29, 0.717) is 6.04 Å². The maximum Gasteiger partial charge on any atom is 0.0299 e. The molecule has 2 fully saturated rings. The Kier molecular flexibility index (Phi) is 3.64. The lowest BCUT2D eigenvalue weighted by molar-refractivity contribution is 0.290.